The monoisotopic (exact) mass is 355 g/mol. The van der Waals surface area contributed by atoms with Crippen molar-refractivity contribution in [1.29, 1.82) is 0 Å². The Hall–Kier alpha value is -0.630. The Kier molecular flexibility index (Phi) is 5.15. The van der Waals surface area contributed by atoms with Crippen molar-refractivity contribution in [3.63, 3.8) is 0 Å². The number of hydrogen-bond acceptors (Lipinski definition) is 3. The van der Waals surface area contributed by atoms with Gasteiger partial charge < -0.3 is 5.11 Å². The second kappa shape index (κ2) is 6.01. The van der Waals surface area contributed by atoms with Gasteiger partial charge in [-0.2, -0.15) is 0 Å². The Morgan fingerprint density at radius 3 is 2.67 bits per heavy atom. The van der Waals surface area contributed by atoms with Crippen LogP contribution >= 0.6 is 27.5 Å². The predicted octanol–water partition coefficient (Wildman–Crippen LogP) is 2.24. The molecule has 0 amide bonds. The van der Waals surface area contributed by atoms with Crippen molar-refractivity contribution in [2.24, 2.45) is 0 Å². The van der Waals surface area contributed by atoms with Crippen LogP contribution in [0.25, 0.3) is 0 Å². The van der Waals surface area contributed by atoms with Crippen LogP contribution < -0.4 is 4.72 Å². The highest BCUT2D eigenvalue weighted by Gasteiger charge is 2.19. The molecule has 0 aromatic heterocycles. The van der Waals surface area contributed by atoms with E-state index in [9.17, 15) is 13.2 Å². The van der Waals surface area contributed by atoms with Crippen LogP contribution in [0.3, 0.4) is 0 Å². The van der Waals surface area contributed by atoms with Gasteiger partial charge in [-0.25, -0.2) is 13.1 Å². The molecule has 2 N–H and O–H groups in total. The van der Waals surface area contributed by atoms with Crippen LogP contribution in [0.5, 0.6) is 0 Å². The maximum Gasteiger partial charge on any atom is 0.304 e. The number of halogens is 2. The van der Waals surface area contributed by atoms with Gasteiger partial charge in [-0.3, -0.25) is 4.79 Å². The third kappa shape index (κ3) is 4.24. The first kappa shape index (κ1) is 15.4. The van der Waals surface area contributed by atoms with Crippen molar-refractivity contribution in [1.82, 2.24) is 4.72 Å². The molecule has 1 aromatic rings. The van der Waals surface area contributed by atoms with Crippen LogP contribution in [0, 0.1) is 0 Å². The summed E-state index contributed by atoms with van der Waals surface area (Å²) in [5, 5.41) is 8.97. The molecule has 18 heavy (non-hydrogen) atoms. The number of carbonyl (C=O) groups is 1. The molecule has 100 valence electrons. The van der Waals surface area contributed by atoms with Gasteiger partial charge in [-0.1, -0.05) is 11.6 Å². The topological polar surface area (TPSA) is 83.5 Å². The minimum absolute atomic E-state index is 0.0241. The highest BCUT2D eigenvalue weighted by molar-refractivity contribution is 9.10. The van der Waals surface area contributed by atoms with Gasteiger partial charge >= 0.3 is 5.97 Å². The lowest BCUT2D eigenvalue weighted by molar-refractivity contribution is -0.137. The highest BCUT2D eigenvalue weighted by atomic mass is 79.9. The summed E-state index contributed by atoms with van der Waals surface area (Å²) in [5.74, 6) is -1.07. The molecule has 1 rings (SSSR count). The molecule has 0 aliphatic carbocycles. The molecule has 0 saturated carbocycles. The van der Waals surface area contributed by atoms with Gasteiger partial charge in [0, 0.05) is 10.5 Å². The average molecular weight is 357 g/mol. The van der Waals surface area contributed by atoms with E-state index in [-0.39, 0.29) is 11.3 Å². The van der Waals surface area contributed by atoms with E-state index >= 15 is 0 Å². The largest absolute Gasteiger partial charge is 0.481 e. The van der Waals surface area contributed by atoms with Crippen molar-refractivity contribution in [3.8, 4) is 0 Å². The lowest BCUT2D eigenvalue weighted by Gasteiger charge is -2.12. The average Bonchev–Trinajstić information content (AvgIpc) is 2.19. The van der Waals surface area contributed by atoms with Gasteiger partial charge in [0.15, 0.2) is 0 Å². The van der Waals surface area contributed by atoms with E-state index in [0.29, 0.717) is 9.50 Å². The first-order chi connectivity index (χ1) is 8.22. The number of carboxylic acid groups (broad SMARTS) is 1. The summed E-state index contributed by atoms with van der Waals surface area (Å²) in [4.78, 5) is 10.5. The Morgan fingerprint density at radius 1 is 1.56 bits per heavy atom. The van der Waals surface area contributed by atoms with Gasteiger partial charge in [0.1, 0.15) is 0 Å². The summed E-state index contributed by atoms with van der Waals surface area (Å²) in [6, 6.07) is 3.46. The number of aliphatic carboxylic acids is 1. The fourth-order valence-electron chi connectivity index (χ4n) is 1.28. The zero-order valence-corrected chi connectivity index (χ0v) is 12.5. The predicted molar refractivity (Wildman–Crippen MR) is 71.2 cm³/mol. The van der Waals surface area contributed by atoms with E-state index in [1.54, 1.807) is 0 Å². The van der Waals surface area contributed by atoms with E-state index in [0.717, 1.165) is 0 Å². The Bertz CT molecular complexity index is 561. The van der Waals surface area contributed by atoms with E-state index < -0.39 is 22.0 Å². The highest BCUT2D eigenvalue weighted by Crippen LogP contribution is 2.25. The zero-order chi connectivity index (χ0) is 13.9. The van der Waals surface area contributed by atoms with Crippen LogP contribution in [0.2, 0.25) is 5.02 Å². The van der Waals surface area contributed by atoms with Crippen LogP contribution in [-0.4, -0.2) is 25.5 Å². The molecule has 1 aromatic carbocycles. The molecule has 0 saturated heterocycles. The second-order valence-electron chi connectivity index (χ2n) is 3.70. The summed E-state index contributed by atoms with van der Waals surface area (Å²) in [6.45, 7) is 1.48. The first-order valence-electron chi connectivity index (χ1n) is 4.91. The number of hydrogen-bond donors (Lipinski definition) is 2. The molecular weight excluding hydrogens is 346 g/mol. The molecule has 8 heteroatoms. The molecule has 0 aliphatic rings. The Labute approximate surface area is 118 Å². The standard InChI is InChI=1S/C10H11BrClNO4S/c1-6(4-10(14)15)13-18(16,17)7-2-3-9(12)8(11)5-7/h2-3,5-6,13H,4H2,1H3,(H,14,15). The van der Waals surface area contributed by atoms with Crippen molar-refractivity contribution >= 4 is 43.5 Å². The molecule has 1 atom stereocenters. The summed E-state index contributed by atoms with van der Waals surface area (Å²) >= 11 is 8.89. The molecule has 0 aliphatic heterocycles. The zero-order valence-electron chi connectivity index (χ0n) is 9.35. The van der Waals surface area contributed by atoms with Gasteiger partial charge in [-0.05, 0) is 41.1 Å². The fraction of sp³-hybridized carbons (Fsp3) is 0.300. The quantitative estimate of drug-likeness (QED) is 0.847. The van der Waals surface area contributed by atoms with Crippen molar-refractivity contribution in [3.05, 3.63) is 27.7 Å². The number of sulfonamides is 1. The molecule has 0 fully saturated rings. The molecule has 0 spiro atoms. The van der Waals surface area contributed by atoms with Crippen LogP contribution in [0.1, 0.15) is 13.3 Å². The molecular formula is C10H11BrClNO4S. The number of rotatable bonds is 5. The Balaban J connectivity index is 2.92. The summed E-state index contributed by atoms with van der Waals surface area (Å²) in [7, 11) is -3.75. The lowest BCUT2D eigenvalue weighted by Crippen LogP contribution is -2.34. The third-order valence-electron chi connectivity index (χ3n) is 2.04. The summed E-state index contributed by atoms with van der Waals surface area (Å²) in [5.41, 5.74) is 0. The van der Waals surface area contributed by atoms with Gasteiger partial charge in [0.25, 0.3) is 0 Å². The van der Waals surface area contributed by atoms with Crippen molar-refractivity contribution in [2.75, 3.05) is 0 Å². The smallest absolute Gasteiger partial charge is 0.304 e. The van der Waals surface area contributed by atoms with Crippen molar-refractivity contribution < 1.29 is 18.3 Å². The van der Waals surface area contributed by atoms with Gasteiger partial charge in [0.05, 0.1) is 16.3 Å². The van der Waals surface area contributed by atoms with Gasteiger partial charge in [0.2, 0.25) is 10.0 Å². The fourth-order valence-corrected chi connectivity index (χ4v) is 3.20. The number of carboxylic acids is 1. The molecule has 0 heterocycles. The SMILES string of the molecule is CC(CC(=O)O)NS(=O)(=O)c1ccc(Cl)c(Br)c1. The maximum atomic E-state index is 11.9. The van der Waals surface area contributed by atoms with E-state index in [1.165, 1.54) is 25.1 Å². The molecule has 0 bridgehead atoms. The molecule has 1 unspecified atom stereocenters. The van der Waals surface area contributed by atoms with Crippen LogP contribution in [0.4, 0.5) is 0 Å². The minimum Gasteiger partial charge on any atom is -0.481 e. The van der Waals surface area contributed by atoms with Crippen LogP contribution in [0.15, 0.2) is 27.6 Å². The first-order valence-corrected chi connectivity index (χ1v) is 7.57. The third-order valence-corrected chi connectivity index (χ3v) is 4.84. The number of benzene rings is 1. The van der Waals surface area contributed by atoms with Crippen LogP contribution in [-0.2, 0) is 14.8 Å². The van der Waals surface area contributed by atoms with Crippen molar-refractivity contribution in [2.45, 2.75) is 24.3 Å². The van der Waals surface area contributed by atoms with E-state index in [4.69, 9.17) is 16.7 Å². The number of nitrogens with one attached hydrogen (secondary N) is 1. The van der Waals surface area contributed by atoms with E-state index in [2.05, 4.69) is 20.7 Å². The Morgan fingerprint density at radius 2 is 2.17 bits per heavy atom. The summed E-state index contributed by atoms with van der Waals surface area (Å²) < 4.78 is 26.6. The maximum absolute atomic E-state index is 11.9. The minimum atomic E-state index is -3.75. The van der Waals surface area contributed by atoms with Gasteiger partial charge in [-0.15, -0.1) is 0 Å². The normalized spacial score (nSPS) is 13.3. The molecule has 5 nitrogen and oxygen atoms in total. The summed E-state index contributed by atoms with van der Waals surface area (Å²) in [6.07, 6.45) is -0.284. The lowest BCUT2D eigenvalue weighted by atomic mass is 10.3. The van der Waals surface area contributed by atoms with E-state index in [1.807, 2.05) is 0 Å². The molecule has 0 radical (unpaired) electrons. The second-order valence-corrected chi connectivity index (χ2v) is 6.67.